The minimum absolute atomic E-state index is 0.00415. The van der Waals surface area contributed by atoms with Gasteiger partial charge in [0, 0.05) is 11.8 Å². The summed E-state index contributed by atoms with van der Waals surface area (Å²) < 4.78 is 5.09. The number of methoxy groups -OCH3 is 1. The lowest BCUT2D eigenvalue weighted by molar-refractivity contribution is -0.137. The second kappa shape index (κ2) is 7.06. The molecule has 0 aliphatic carbocycles. The fraction of sp³-hybridized carbons (Fsp3) is 0.278. The van der Waals surface area contributed by atoms with Gasteiger partial charge in [0.25, 0.3) is 5.91 Å². The lowest BCUT2D eigenvalue weighted by atomic mass is 10.2. The van der Waals surface area contributed by atoms with E-state index in [1.807, 2.05) is 17.5 Å². The number of hydrogen-bond acceptors (Lipinski definition) is 5. The molecule has 2 heterocycles. The van der Waals surface area contributed by atoms with Crippen LogP contribution in [0.25, 0.3) is 0 Å². The summed E-state index contributed by atoms with van der Waals surface area (Å²) in [6.07, 6.45) is -0.00415. The predicted molar refractivity (Wildman–Crippen MR) is 94.4 cm³/mol. The lowest BCUT2D eigenvalue weighted by Crippen LogP contribution is -2.44. The summed E-state index contributed by atoms with van der Waals surface area (Å²) in [6, 6.07) is 9.74. The first-order valence-corrected chi connectivity index (χ1v) is 8.69. The molecule has 1 aliphatic rings. The van der Waals surface area contributed by atoms with Crippen molar-refractivity contribution in [1.82, 2.24) is 4.90 Å². The molecule has 1 atom stereocenters. The maximum absolute atomic E-state index is 12.8. The Bertz CT molecular complexity index is 786. The van der Waals surface area contributed by atoms with Gasteiger partial charge in [-0.05, 0) is 35.7 Å². The first kappa shape index (κ1) is 17.2. The van der Waals surface area contributed by atoms with Gasteiger partial charge in [0.1, 0.15) is 11.8 Å². The van der Waals surface area contributed by atoms with Crippen molar-refractivity contribution >= 4 is 34.7 Å². The average molecular weight is 358 g/mol. The highest BCUT2D eigenvalue weighted by Crippen LogP contribution is 2.28. The molecule has 3 amide bonds. The molecule has 0 spiro atoms. The third-order valence-electron chi connectivity index (χ3n) is 4.14. The number of ether oxygens (including phenoxy) is 1. The number of hydrogen-bond donors (Lipinski definition) is 0. The number of benzene rings is 1. The van der Waals surface area contributed by atoms with Gasteiger partial charge < -0.3 is 9.64 Å². The van der Waals surface area contributed by atoms with Crippen molar-refractivity contribution in [2.24, 2.45) is 0 Å². The number of thiophene rings is 1. The molecule has 0 saturated carbocycles. The molecule has 3 rings (SSSR count). The summed E-state index contributed by atoms with van der Waals surface area (Å²) in [4.78, 5) is 40.9. The summed E-state index contributed by atoms with van der Waals surface area (Å²) in [7, 11) is 1.55. The number of nitrogens with zero attached hydrogens (tertiary/aromatic N) is 2. The highest BCUT2D eigenvalue weighted by atomic mass is 32.1. The van der Waals surface area contributed by atoms with Crippen LogP contribution < -0.4 is 9.64 Å². The smallest absolute Gasteiger partial charge is 0.257 e. The van der Waals surface area contributed by atoms with Gasteiger partial charge >= 0.3 is 0 Å². The van der Waals surface area contributed by atoms with E-state index in [4.69, 9.17) is 4.74 Å². The fourth-order valence-corrected chi connectivity index (χ4v) is 3.58. The van der Waals surface area contributed by atoms with Crippen LogP contribution in [0.3, 0.4) is 0 Å². The molecule has 130 valence electrons. The van der Waals surface area contributed by atoms with E-state index in [9.17, 15) is 14.4 Å². The van der Waals surface area contributed by atoms with Crippen molar-refractivity contribution in [3.8, 4) is 5.75 Å². The molecule has 0 radical (unpaired) electrons. The van der Waals surface area contributed by atoms with Gasteiger partial charge in [0.15, 0.2) is 0 Å². The standard InChI is InChI=1S/C18H18N2O4S/c1-12(21)19(11-15-4-3-9-25-15)16-10-17(22)20(18(16)23)13-5-7-14(24-2)8-6-13/h3-9,16H,10-11H2,1-2H3. The minimum atomic E-state index is -0.769. The van der Waals surface area contributed by atoms with Crippen molar-refractivity contribution in [2.45, 2.75) is 25.9 Å². The van der Waals surface area contributed by atoms with Crippen LogP contribution in [0.5, 0.6) is 5.75 Å². The zero-order chi connectivity index (χ0) is 18.0. The number of imide groups is 1. The number of anilines is 1. The monoisotopic (exact) mass is 358 g/mol. The third kappa shape index (κ3) is 3.41. The lowest BCUT2D eigenvalue weighted by Gasteiger charge is -2.26. The highest BCUT2D eigenvalue weighted by Gasteiger charge is 2.43. The molecule has 1 saturated heterocycles. The van der Waals surface area contributed by atoms with Gasteiger partial charge in [-0.2, -0.15) is 0 Å². The van der Waals surface area contributed by atoms with Crippen molar-refractivity contribution in [1.29, 1.82) is 0 Å². The van der Waals surface area contributed by atoms with E-state index in [1.165, 1.54) is 23.2 Å². The minimum Gasteiger partial charge on any atom is -0.497 e. The first-order chi connectivity index (χ1) is 12.0. The number of amides is 3. The molecule has 1 unspecified atom stereocenters. The Morgan fingerprint density at radius 1 is 1.28 bits per heavy atom. The van der Waals surface area contributed by atoms with Crippen molar-refractivity contribution in [2.75, 3.05) is 12.0 Å². The summed E-state index contributed by atoms with van der Waals surface area (Å²) in [5, 5.41) is 1.92. The van der Waals surface area contributed by atoms with Crippen molar-refractivity contribution in [3.05, 3.63) is 46.7 Å². The molecule has 1 fully saturated rings. The molecule has 6 nitrogen and oxygen atoms in total. The van der Waals surface area contributed by atoms with E-state index >= 15 is 0 Å². The zero-order valence-corrected chi connectivity index (χ0v) is 14.8. The first-order valence-electron chi connectivity index (χ1n) is 7.81. The van der Waals surface area contributed by atoms with E-state index in [1.54, 1.807) is 31.4 Å². The SMILES string of the molecule is COc1ccc(N2C(=O)CC(N(Cc3cccs3)C(C)=O)C2=O)cc1. The van der Waals surface area contributed by atoms with Crippen LogP contribution in [0.2, 0.25) is 0 Å². The second-order valence-corrected chi connectivity index (χ2v) is 6.74. The highest BCUT2D eigenvalue weighted by molar-refractivity contribution is 7.09. The molecule has 25 heavy (non-hydrogen) atoms. The number of rotatable bonds is 5. The molecule has 0 bridgehead atoms. The molecular formula is C18H18N2O4S. The number of carbonyl (C=O) groups excluding carboxylic acids is 3. The maximum Gasteiger partial charge on any atom is 0.257 e. The van der Waals surface area contributed by atoms with Gasteiger partial charge in [-0.1, -0.05) is 6.07 Å². The Morgan fingerprint density at radius 2 is 2.00 bits per heavy atom. The van der Waals surface area contributed by atoms with Crippen LogP contribution in [0, 0.1) is 0 Å². The number of carbonyl (C=O) groups is 3. The summed E-state index contributed by atoms with van der Waals surface area (Å²) >= 11 is 1.51. The largest absolute Gasteiger partial charge is 0.497 e. The van der Waals surface area contributed by atoms with Crippen LogP contribution in [0.15, 0.2) is 41.8 Å². The van der Waals surface area contributed by atoms with Gasteiger partial charge in [-0.3, -0.25) is 14.4 Å². The van der Waals surface area contributed by atoms with Crippen LogP contribution in [-0.4, -0.2) is 35.8 Å². The molecule has 1 aromatic carbocycles. The third-order valence-corrected chi connectivity index (χ3v) is 5.00. The quantitative estimate of drug-likeness (QED) is 0.770. The Balaban J connectivity index is 1.84. The average Bonchev–Trinajstić information content (AvgIpc) is 3.20. The summed E-state index contributed by atoms with van der Waals surface area (Å²) in [5.74, 6) is -0.266. The topological polar surface area (TPSA) is 66.9 Å². The van der Waals surface area contributed by atoms with Crippen molar-refractivity contribution in [3.63, 3.8) is 0 Å². The van der Waals surface area contributed by atoms with Gasteiger partial charge in [-0.25, -0.2) is 4.90 Å². The molecule has 1 aliphatic heterocycles. The second-order valence-electron chi connectivity index (χ2n) is 5.71. The molecular weight excluding hydrogens is 340 g/mol. The van der Waals surface area contributed by atoms with Crippen LogP contribution in [-0.2, 0) is 20.9 Å². The maximum atomic E-state index is 12.8. The Kier molecular flexibility index (Phi) is 4.85. The van der Waals surface area contributed by atoms with Crippen LogP contribution in [0.4, 0.5) is 5.69 Å². The van der Waals surface area contributed by atoms with Gasteiger partial charge in [0.2, 0.25) is 11.8 Å². The fourth-order valence-electron chi connectivity index (χ4n) is 2.87. The molecule has 1 aromatic heterocycles. The summed E-state index contributed by atoms with van der Waals surface area (Å²) in [6.45, 7) is 1.74. The predicted octanol–water partition coefficient (Wildman–Crippen LogP) is 2.44. The van der Waals surface area contributed by atoms with E-state index in [0.717, 1.165) is 9.78 Å². The van der Waals surface area contributed by atoms with E-state index in [-0.39, 0.29) is 24.1 Å². The van der Waals surface area contributed by atoms with Gasteiger partial charge in [0.05, 0.1) is 25.8 Å². The van der Waals surface area contributed by atoms with Crippen molar-refractivity contribution < 1.29 is 19.1 Å². The molecule has 2 aromatic rings. The molecule has 7 heteroatoms. The zero-order valence-electron chi connectivity index (χ0n) is 14.0. The molecule has 0 N–H and O–H groups in total. The Labute approximate surface area is 149 Å². The summed E-state index contributed by atoms with van der Waals surface area (Å²) in [5.41, 5.74) is 0.484. The van der Waals surface area contributed by atoms with Gasteiger partial charge in [-0.15, -0.1) is 11.3 Å². The Hall–Kier alpha value is -2.67. The van der Waals surface area contributed by atoms with Crippen LogP contribution >= 0.6 is 11.3 Å². The Morgan fingerprint density at radius 3 is 2.56 bits per heavy atom. The normalized spacial score (nSPS) is 17.0. The van der Waals surface area contributed by atoms with Crippen LogP contribution in [0.1, 0.15) is 18.2 Å². The van der Waals surface area contributed by atoms with E-state index in [0.29, 0.717) is 18.0 Å². The van der Waals surface area contributed by atoms with E-state index < -0.39 is 6.04 Å². The van der Waals surface area contributed by atoms with E-state index in [2.05, 4.69) is 0 Å².